The molecule has 0 radical (unpaired) electrons. The second-order valence-corrected chi connectivity index (χ2v) is 5.57. The monoisotopic (exact) mass is 310 g/mol. The molecule has 1 atom stereocenters. The molecule has 0 saturated carbocycles. The average Bonchev–Trinajstić information content (AvgIpc) is 2.98. The van der Waals surface area contributed by atoms with Gasteiger partial charge in [-0.3, -0.25) is 4.79 Å². The van der Waals surface area contributed by atoms with Crippen molar-refractivity contribution in [3.05, 3.63) is 40.9 Å². The van der Waals surface area contributed by atoms with Crippen molar-refractivity contribution in [3.63, 3.8) is 0 Å². The summed E-state index contributed by atoms with van der Waals surface area (Å²) in [5, 5.41) is 10.1. The van der Waals surface area contributed by atoms with E-state index in [-0.39, 0.29) is 23.5 Å². The van der Waals surface area contributed by atoms with Gasteiger partial charge in [0.05, 0.1) is 12.6 Å². The van der Waals surface area contributed by atoms with Crippen LogP contribution in [0.2, 0.25) is 0 Å². The van der Waals surface area contributed by atoms with Crippen LogP contribution in [0.4, 0.5) is 13.9 Å². The van der Waals surface area contributed by atoms with E-state index in [2.05, 4.69) is 15.5 Å². The van der Waals surface area contributed by atoms with Crippen molar-refractivity contribution < 1.29 is 13.6 Å². The first-order chi connectivity index (χ1) is 10.1. The van der Waals surface area contributed by atoms with Gasteiger partial charge in [-0.15, -0.1) is 10.2 Å². The lowest BCUT2D eigenvalue weighted by molar-refractivity contribution is -0.120. The van der Waals surface area contributed by atoms with Gasteiger partial charge in [-0.05, 0) is 5.56 Å². The van der Waals surface area contributed by atoms with E-state index in [1.165, 1.54) is 0 Å². The molecule has 2 heterocycles. The van der Waals surface area contributed by atoms with Gasteiger partial charge >= 0.3 is 0 Å². The van der Waals surface area contributed by atoms with Crippen molar-refractivity contribution in [3.8, 4) is 0 Å². The summed E-state index contributed by atoms with van der Waals surface area (Å²) in [7, 11) is 0. The summed E-state index contributed by atoms with van der Waals surface area (Å²) >= 11 is 0.822. The third-order valence-corrected chi connectivity index (χ3v) is 4.20. The minimum absolute atomic E-state index is 0.0808. The van der Waals surface area contributed by atoms with Gasteiger partial charge in [0, 0.05) is 6.54 Å². The van der Waals surface area contributed by atoms with Crippen LogP contribution in [-0.4, -0.2) is 29.2 Å². The second-order valence-electron chi connectivity index (χ2n) is 4.58. The van der Waals surface area contributed by atoms with Gasteiger partial charge < -0.3 is 10.2 Å². The summed E-state index contributed by atoms with van der Waals surface area (Å²) in [4.78, 5) is 13.3. The highest BCUT2D eigenvalue weighted by molar-refractivity contribution is 7.15. The van der Waals surface area contributed by atoms with Crippen LogP contribution in [-0.2, 0) is 4.79 Å². The lowest BCUT2D eigenvalue weighted by Crippen LogP contribution is -2.49. The van der Waals surface area contributed by atoms with Crippen LogP contribution in [0, 0.1) is 0 Å². The maximum atomic E-state index is 12.7. The molecule has 2 aromatic rings. The summed E-state index contributed by atoms with van der Waals surface area (Å²) in [6.45, 7) is 0.490. The van der Waals surface area contributed by atoms with Crippen molar-refractivity contribution in [1.29, 1.82) is 0 Å². The minimum atomic E-state index is -2.65. The largest absolute Gasteiger partial charge is 0.352 e. The molecule has 110 valence electrons. The number of benzene rings is 1. The molecule has 5 nitrogen and oxygen atoms in total. The zero-order valence-electron chi connectivity index (χ0n) is 10.9. The second kappa shape index (κ2) is 5.72. The predicted molar refractivity (Wildman–Crippen MR) is 74.4 cm³/mol. The van der Waals surface area contributed by atoms with Crippen LogP contribution in [0.25, 0.3) is 0 Å². The molecule has 1 fully saturated rings. The molecule has 0 bridgehead atoms. The molecule has 1 aliphatic heterocycles. The molecule has 1 N–H and O–H groups in total. The number of rotatable bonds is 3. The molecule has 1 aromatic carbocycles. The Hall–Kier alpha value is -2.09. The number of nitrogens with zero attached hydrogens (tertiary/aromatic N) is 3. The van der Waals surface area contributed by atoms with E-state index in [9.17, 15) is 13.6 Å². The van der Waals surface area contributed by atoms with Gasteiger partial charge in [0.15, 0.2) is 5.01 Å². The van der Waals surface area contributed by atoms with Crippen molar-refractivity contribution in [2.45, 2.75) is 12.5 Å². The maximum Gasteiger partial charge on any atom is 0.291 e. The van der Waals surface area contributed by atoms with Crippen LogP contribution in [0.15, 0.2) is 30.3 Å². The number of carbonyl (C=O) groups excluding carboxylic acids is 1. The van der Waals surface area contributed by atoms with Crippen molar-refractivity contribution >= 4 is 22.4 Å². The SMILES string of the molecule is O=C1CN(c2nnc(C(F)F)s2)C(c2ccccc2)CN1. The summed E-state index contributed by atoms with van der Waals surface area (Å²) in [6, 6.07) is 9.43. The highest BCUT2D eigenvalue weighted by atomic mass is 32.1. The molecular formula is C13H12F2N4OS. The van der Waals surface area contributed by atoms with E-state index in [1.807, 2.05) is 30.3 Å². The first-order valence-corrected chi connectivity index (χ1v) is 7.16. The molecule has 1 saturated heterocycles. The Balaban J connectivity index is 1.92. The average molecular weight is 310 g/mol. The number of piperazine rings is 1. The Morgan fingerprint density at radius 1 is 1.29 bits per heavy atom. The van der Waals surface area contributed by atoms with Crippen molar-refractivity contribution in [2.24, 2.45) is 0 Å². The van der Waals surface area contributed by atoms with Crippen LogP contribution in [0.1, 0.15) is 23.0 Å². The van der Waals surface area contributed by atoms with Crippen molar-refractivity contribution in [2.75, 3.05) is 18.0 Å². The Kier molecular flexibility index (Phi) is 3.78. The topological polar surface area (TPSA) is 58.1 Å². The molecule has 1 unspecified atom stereocenters. The van der Waals surface area contributed by atoms with Gasteiger partial charge in [-0.1, -0.05) is 41.7 Å². The number of halogens is 2. The number of carbonyl (C=O) groups is 1. The van der Waals surface area contributed by atoms with E-state index < -0.39 is 6.43 Å². The first-order valence-electron chi connectivity index (χ1n) is 6.35. The van der Waals surface area contributed by atoms with E-state index in [0.29, 0.717) is 11.7 Å². The first kappa shape index (κ1) is 13.9. The maximum absolute atomic E-state index is 12.7. The standard InChI is InChI=1S/C13H12F2N4OS/c14-11(15)12-17-18-13(21-12)19-7-10(20)16-6-9(19)8-4-2-1-3-5-8/h1-5,9,11H,6-7H2,(H,16,20). The molecular weight excluding hydrogens is 298 g/mol. The zero-order valence-corrected chi connectivity index (χ0v) is 11.7. The van der Waals surface area contributed by atoms with E-state index in [1.54, 1.807) is 4.90 Å². The smallest absolute Gasteiger partial charge is 0.291 e. The number of nitrogens with one attached hydrogen (secondary N) is 1. The third kappa shape index (κ3) is 2.85. The fourth-order valence-corrected chi connectivity index (χ4v) is 2.99. The number of alkyl halides is 2. The highest BCUT2D eigenvalue weighted by Crippen LogP contribution is 2.33. The molecule has 0 spiro atoms. The van der Waals surface area contributed by atoms with Crippen molar-refractivity contribution in [1.82, 2.24) is 15.5 Å². The van der Waals surface area contributed by atoms with Crippen LogP contribution < -0.4 is 10.2 Å². The number of aromatic nitrogens is 2. The van der Waals surface area contributed by atoms with E-state index >= 15 is 0 Å². The molecule has 0 aliphatic carbocycles. The Morgan fingerprint density at radius 3 is 2.71 bits per heavy atom. The summed E-state index contributed by atoms with van der Waals surface area (Å²) < 4.78 is 25.3. The van der Waals surface area contributed by atoms with Crippen LogP contribution in [0.5, 0.6) is 0 Å². The summed E-state index contributed by atoms with van der Waals surface area (Å²) in [5.41, 5.74) is 0.992. The highest BCUT2D eigenvalue weighted by Gasteiger charge is 2.31. The van der Waals surface area contributed by atoms with Crippen LogP contribution in [0.3, 0.4) is 0 Å². The fraction of sp³-hybridized carbons (Fsp3) is 0.308. The van der Waals surface area contributed by atoms with E-state index in [4.69, 9.17) is 0 Å². The Bertz CT molecular complexity index is 634. The molecule has 3 rings (SSSR count). The molecule has 8 heteroatoms. The molecule has 1 aromatic heterocycles. The lowest BCUT2D eigenvalue weighted by Gasteiger charge is -2.35. The van der Waals surface area contributed by atoms with Gasteiger partial charge in [0.1, 0.15) is 0 Å². The summed E-state index contributed by atoms with van der Waals surface area (Å²) in [5.74, 6) is -0.157. The molecule has 1 amide bonds. The fourth-order valence-electron chi connectivity index (χ4n) is 2.25. The number of amides is 1. The lowest BCUT2D eigenvalue weighted by atomic mass is 10.0. The van der Waals surface area contributed by atoms with Gasteiger partial charge in [-0.2, -0.15) is 0 Å². The minimum Gasteiger partial charge on any atom is -0.352 e. The predicted octanol–water partition coefficient (Wildman–Crippen LogP) is 2.15. The molecule has 21 heavy (non-hydrogen) atoms. The number of hydrogen-bond acceptors (Lipinski definition) is 5. The number of hydrogen-bond donors (Lipinski definition) is 1. The van der Waals surface area contributed by atoms with Gasteiger partial charge in [0.25, 0.3) is 6.43 Å². The molecule has 1 aliphatic rings. The Labute approximate surface area is 123 Å². The number of anilines is 1. The quantitative estimate of drug-likeness (QED) is 0.944. The van der Waals surface area contributed by atoms with E-state index in [0.717, 1.165) is 16.9 Å². The Morgan fingerprint density at radius 2 is 2.05 bits per heavy atom. The third-order valence-electron chi connectivity index (χ3n) is 3.23. The normalized spacial score (nSPS) is 18.9. The van der Waals surface area contributed by atoms with Gasteiger partial charge in [0.2, 0.25) is 11.0 Å². The van der Waals surface area contributed by atoms with Crippen LogP contribution >= 0.6 is 11.3 Å². The van der Waals surface area contributed by atoms with Gasteiger partial charge in [-0.25, -0.2) is 8.78 Å². The zero-order chi connectivity index (χ0) is 14.8. The summed E-state index contributed by atoms with van der Waals surface area (Å²) in [6.07, 6.45) is -2.65.